The average molecular weight is 611 g/mol. The predicted octanol–water partition coefficient (Wildman–Crippen LogP) is 7.13. The van der Waals surface area contributed by atoms with Crippen molar-refractivity contribution in [2.45, 2.75) is 98.5 Å². The van der Waals surface area contributed by atoms with Crippen molar-refractivity contribution in [3.63, 3.8) is 0 Å². The first-order valence-corrected chi connectivity index (χ1v) is 15.0. The second-order valence-corrected chi connectivity index (χ2v) is 12.8. The molecule has 0 saturated heterocycles. The van der Waals surface area contributed by atoms with Crippen molar-refractivity contribution in [2.75, 3.05) is 13.7 Å². The Morgan fingerprint density at radius 2 is 1.39 bits per heavy atom. The van der Waals surface area contributed by atoms with Crippen molar-refractivity contribution in [2.24, 2.45) is 5.92 Å². The van der Waals surface area contributed by atoms with E-state index < -0.39 is 35.3 Å². The van der Waals surface area contributed by atoms with E-state index in [4.69, 9.17) is 18.9 Å². The quantitative estimate of drug-likeness (QED) is 0.107. The normalized spacial score (nSPS) is 13.6. The number of nitrogens with one attached hydrogen (secondary N) is 2. The first kappa shape index (κ1) is 36.2. The van der Waals surface area contributed by atoms with Crippen LogP contribution in [0.5, 0.6) is 5.75 Å². The van der Waals surface area contributed by atoms with Crippen LogP contribution in [-0.4, -0.2) is 49.1 Å². The molecular weight excluding hydrogens is 560 g/mol. The summed E-state index contributed by atoms with van der Waals surface area (Å²) in [4.78, 5) is 38.6. The van der Waals surface area contributed by atoms with Gasteiger partial charge in [0.05, 0.1) is 19.1 Å². The van der Waals surface area contributed by atoms with E-state index in [9.17, 15) is 14.4 Å². The molecule has 0 aliphatic carbocycles. The van der Waals surface area contributed by atoms with Crippen LogP contribution >= 0.6 is 0 Å². The standard InChI is InChI=1S/C35H50N2O7/c1-24(25(2)30(37-33(40)44-35(6,7)8)22-26-17-19-28(41-9)20-18-26)29(31(38)43-34(3,4)5)16-13-21-36-32(39)42-23-27-14-11-10-12-15-27/h10-12,14-15,17-20,29-30H,13,16,21-23H2,1-9H3,(H,36,39)(H,37,40)/b25-24+/t29?,30-/m1/s1. The van der Waals surface area contributed by atoms with Gasteiger partial charge in [-0.05, 0) is 97.9 Å². The fourth-order valence-electron chi connectivity index (χ4n) is 4.46. The number of ether oxygens (including phenoxy) is 4. The molecule has 0 radical (unpaired) electrons. The molecule has 0 aliphatic rings. The van der Waals surface area contributed by atoms with Gasteiger partial charge in [-0.3, -0.25) is 4.79 Å². The number of amides is 2. The molecule has 0 fully saturated rings. The molecule has 2 N–H and O–H groups in total. The Bertz CT molecular complexity index is 1240. The summed E-state index contributed by atoms with van der Waals surface area (Å²) >= 11 is 0. The van der Waals surface area contributed by atoms with E-state index in [0.717, 1.165) is 28.0 Å². The van der Waals surface area contributed by atoms with Crippen LogP contribution in [-0.2, 0) is 32.0 Å². The summed E-state index contributed by atoms with van der Waals surface area (Å²) in [5, 5.41) is 5.77. The fraction of sp³-hybridized carbons (Fsp3) is 0.514. The van der Waals surface area contributed by atoms with E-state index in [-0.39, 0.29) is 12.6 Å². The zero-order valence-electron chi connectivity index (χ0n) is 27.7. The second kappa shape index (κ2) is 16.7. The highest BCUT2D eigenvalue weighted by Crippen LogP contribution is 2.27. The molecule has 9 nitrogen and oxygen atoms in total. The van der Waals surface area contributed by atoms with Crippen LogP contribution in [0.2, 0.25) is 0 Å². The Labute approximate surface area is 262 Å². The summed E-state index contributed by atoms with van der Waals surface area (Å²) in [6.07, 6.45) is 0.348. The molecule has 44 heavy (non-hydrogen) atoms. The molecule has 0 saturated carbocycles. The smallest absolute Gasteiger partial charge is 0.408 e. The van der Waals surface area contributed by atoms with Gasteiger partial charge in [-0.1, -0.05) is 53.6 Å². The third-order valence-corrected chi connectivity index (χ3v) is 6.80. The molecule has 0 aromatic heterocycles. The number of benzene rings is 2. The number of hydrogen-bond acceptors (Lipinski definition) is 7. The number of alkyl carbamates (subject to hydrolysis) is 2. The van der Waals surface area contributed by atoms with Gasteiger partial charge in [-0.2, -0.15) is 0 Å². The van der Waals surface area contributed by atoms with Crippen LogP contribution in [0.25, 0.3) is 0 Å². The van der Waals surface area contributed by atoms with Crippen molar-refractivity contribution >= 4 is 18.2 Å². The summed E-state index contributed by atoms with van der Waals surface area (Å²) in [5.74, 6) is -0.215. The Balaban J connectivity index is 2.23. The maximum absolute atomic E-state index is 13.5. The zero-order chi connectivity index (χ0) is 32.9. The molecule has 9 heteroatoms. The minimum atomic E-state index is -0.680. The first-order chi connectivity index (χ1) is 20.6. The van der Waals surface area contributed by atoms with Gasteiger partial charge in [-0.15, -0.1) is 0 Å². The minimum absolute atomic E-state index is 0.175. The number of rotatable bonds is 13. The molecule has 0 heterocycles. The molecule has 2 rings (SSSR count). The molecule has 2 atom stereocenters. The Morgan fingerprint density at radius 1 is 0.773 bits per heavy atom. The number of hydrogen-bond donors (Lipinski definition) is 2. The lowest BCUT2D eigenvalue weighted by molar-refractivity contribution is -0.158. The fourth-order valence-corrected chi connectivity index (χ4v) is 4.46. The van der Waals surface area contributed by atoms with E-state index in [2.05, 4.69) is 10.6 Å². The predicted molar refractivity (Wildman–Crippen MR) is 171 cm³/mol. The lowest BCUT2D eigenvalue weighted by Gasteiger charge is -2.29. The van der Waals surface area contributed by atoms with E-state index in [1.807, 2.05) is 110 Å². The monoisotopic (exact) mass is 610 g/mol. The van der Waals surface area contributed by atoms with Gasteiger partial charge in [0.1, 0.15) is 23.6 Å². The van der Waals surface area contributed by atoms with Crippen molar-refractivity contribution in [3.8, 4) is 5.75 Å². The molecule has 2 amide bonds. The maximum atomic E-state index is 13.5. The van der Waals surface area contributed by atoms with Gasteiger partial charge in [0.25, 0.3) is 0 Å². The van der Waals surface area contributed by atoms with Gasteiger partial charge in [0, 0.05) is 6.54 Å². The largest absolute Gasteiger partial charge is 0.497 e. The highest BCUT2D eigenvalue weighted by molar-refractivity contribution is 5.76. The summed E-state index contributed by atoms with van der Waals surface area (Å²) in [7, 11) is 1.61. The summed E-state index contributed by atoms with van der Waals surface area (Å²) in [5.41, 5.74) is 2.15. The van der Waals surface area contributed by atoms with Gasteiger partial charge in [0.15, 0.2) is 0 Å². The highest BCUT2D eigenvalue weighted by atomic mass is 16.6. The molecule has 2 aromatic rings. The molecule has 242 valence electrons. The van der Waals surface area contributed by atoms with Gasteiger partial charge >= 0.3 is 18.2 Å². The Hall–Kier alpha value is -4.01. The molecule has 0 spiro atoms. The lowest BCUT2D eigenvalue weighted by Crippen LogP contribution is -2.41. The van der Waals surface area contributed by atoms with E-state index in [1.54, 1.807) is 7.11 Å². The van der Waals surface area contributed by atoms with Gasteiger partial charge in [-0.25, -0.2) is 9.59 Å². The molecule has 2 aromatic carbocycles. The van der Waals surface area contributed by atoms with Gasteiger partial charge < -0.3 is 29.6 Å². The van der Waals surface area contributed by atoms with Crippen LogP contribution < -0.4 is 15.4 Å². The van der Waals surface area contributed by atoms with E-state index in [0.29, 0.717) is 25.8 Å². The van der Waals surface area contributed by atoms with Crippen LogP contribution in [0.4, 0.5) is 9.59 Å². The highest BCUT2D eigenvalue weighted by Gasteiger charge is 2.30. The lowest BCUT2D eigenvalue weighted by atomic mass is 9.87. The summed E-state index contributed by atoms with van der Waals surface area (Å²) in [6.45, 7) is 15.2. The molecule has 0 bridgehead atoms. The van der Waals surface area contributed by atoms with Gasteiger partial charge in [0.2, 0.25) is 0 Å². The number of esters is 1. The van der Waals surface area contributed by atoms with Crippen molar-refractivity contribution in [1.29, 1.82) is 0 Å². The Morgan fingerprint density at radius 3 is 1.95 bits per heavy atom. The summed E-state index contributed by atoms with van der Waals surface area (Å²) < 4.78 is 21.9. The SMILES string of the molecule is COc1ccc(C[C@@H](NC(=O)OC(C)(C)C)/C(C)=C(\C)C(CCCNC(=O)OCc2ccccc2)C(=O)OC(C)(C)C)cc1. The van der Waals surface area contributed by atoms with E-state index >= 15 is 0 Å². The van der Waals surface area contributed by atoms with E-state index in [1.165, 1.54) is 0 Å². The molecule has 1 unspecified atom stereocenters. The first-order valence-electron chi connectivity index (χ1n) is 15.0. The number of carbonyl (C=O) groups excluding carboxylic acids is 3. The number of carbonyl (C=O) groups is 3. The third kappa shape index (κ3) is 13.5. The Kier molecular flexibility index (Phi) is 13.8. The number of methoxy groups -OCH3 is 1. The zero-order valence-corrected chi connectivity index (χ0v) is 27.7. The van der Waals surface area contributed by atoms with Crippen LogP contribution in [0, 0.1) is 5.92 Å². The van der Waals surface area contributed by atoms with Crippen molar-refractivity contribution < 1.29 is 33.3 Å². The van der Waals surface area contributed by atoms with Crippen LogP contribution in [0.3, 0.4) is 0 Å². The minimum Gasteiger partial charge on any atom is -0.497 e. The maximum Gasteiger partial charge on any atom is 0.408 e. The van der Waals surface area contributed by atoms with Crippen molar-refractivity contribution in [1.82, 2.24) is 10.6 Å². The topological polar surface area (TPSA) is 112 Å². The van der Waals surface area contributed by atoms with Crippen LogP contribution in [0.15, 0.2) is 65.7 Å². The average Bonchev–Trinajstić information content (AvgIpc) is 2.94. The third-order valence-electron chi connectivity index (χ3n) is 6.80. The van der Waals surface area contributed by atoms with Crippen molar-refractivity contribution in [3.05, 3.63) is 76.9 Å². The summed E-state index contributed by atoms with van der Waals surface area (Å²) in [6, 6.07) is 16.6. The second-order valence-electron chi connectivity index (χ2n) is 12.8. The molecular formula is C35H50N2O7. The molecule has 0 aliphatic heterocycles. The van der Waals surface area contributed by atoms with Crippen LogP contribution in [0.1, 0.15) is 79.4 Å².